The van der Waals surface area contributed by atoms with Crippen LogP contribution in [-0.2, 0) is 0 Å². The van der Waals surface area contributed by atoms with Gasteiger partial charge in [-0.05, 0) is 18.2 Å². The Bertz CT molecular complexity index is 521. The Hall–Kier alpha value is -1.26. The van der Waals surface area contributed by atoms with E-state index in [1.54, 1.807) is 18.2 Å². The highest BCUT2D eigenvalue weighted by atomic mass is 35.5. The summed E-state index contributed by atoms with van der Waals surface area (Å²) in [6.45, 7) is 0. The molecule has 0 fully saturated rings. The second kappa shape index (κ2) is 3.15. The Kier molecular flexibility index (Phi) is 2.09. The number of anilines is 1. The van der Waals surface area contributed by atoms with Gasteiger partial charge in [0.15, 0.2) is 0 Å². The lowest BCUT2D eigenvalue weighted by Gasteiger charge is -1.92. The van der Waals surface area contributed by atoms with Crippen LogP contribution in [0.2, 0.25) is 5.02 Å². The first-order chi connectivity index (χ1) is 6.59. The number of carbonyl (C=O) groups is 1. The van der Waals surface area contributed by atoms with Gasteiger partial charge in [0, 0.05) is 15.1 Å². The Labute approximate surface area is 89.3 Å². The SMILES string of the molecule is NC(=O)c1sc2cc(Cl)ccc2c1N. The summed E-state index contributed by atoms with van der Waals surface area (Å²) in [5.41, 5.74) is 11.4. The van der Waals surface area contributed by atoms with E-state index in [4.69, 9.17) is 23.1 Å². The van der Waals surface area contributed by atoms with E-state index in [0.717, 1.165) is 10.1 Å². The number of fused-ring (bicyclic) bond motifs is 1. The molecule has 0 atom stereocenters. The number of rotatable bonds is 1. The molecule has 0 spiro atoms. The Morgan fingerprint density at radius 2 is 2.14 bits per heavy atom. The van der Waals surface area contributed by atoms with E-state index < -0.39 is 5.91 Å². The number of nitrogens with two attached hydrogens (primary N) is 2. The predicted octanol–water partition coefficient (Wildman–Crippen LogP) is 2.24. The lowest BCUT2D eigenvalue weighted by atomic mass is 10.2. The highest BCUT2D eigenvalue weighted by Gasteiger charge is 2.13. The van der Waals surface area contributed by atoms with Crippen LogP contribution in [0.1, 0.15) is 9.67 Å². The van der Waals surface area contributed by atoms with Crippen molar-refractivity contribution in [2.24, 2.45) is 5.73 Å². The van der Waals surface area contributed by atoms with Crippen LogP contribution in [0.5, 0.6) is 0 Å². The van der Waals surface area contributed by atoms with Gasteiger partial charge in [-0.3, -0.25) is 4.79 Å². The smallest absolute Gasteiger partial charge is 0.260 e. The molecule has 1 heterocycles. The minimum Gasteiger partial charge on any atom is -0.397 e. The van der Waals surface area contributed by atoms with Crippen LogP contribution in [0.25, 0.3) is 10.1 Å². The standard InChI is InChI=1S/C9H7ClN2OS/c10-4-1-2-5-6(3-4)14-8(7(5)11)9(12)13/h1-3H,11H2,(H2,12,13). The van der Waals surface area contributed by atoms with Gasteiger partial charge >= 0.3 is 0 Å². The maximum Gasteiger partial charge on any atom is 0.260 e. The molecule has 5 heteroatoms. The first-order valence-corrected chi connectivity index (χ1v) is 5.06. The Morgan fingerprint density at radius 1 is 1.43 bits per heavy atom. The maximum atomic E-state index is 11.0. The molecule has 0 saturated carbocycles. The molecule has 72 valence electrons. The van der Waals surface area contributed by atoms with Gasteiger partial charge in [0.25, 0.3) is 5.91 Å². The van der Waals surface area contributed by atoms with Gasteiger partial charge in [-0.2, -0.15) is 0 Å². The average molecular weight is 227 g/mol. The summed E-state index contributed by atoms with van der Waals surface area (Å²) >= 11 is 7.07. The molecular formula is C9H7ClN2OS. The number of hydrogen-bond donors (Lipinski definition) is 2. The van der Waals surface area contributed by atoms with Crippen LogP contribution in [0, 0.1) is 0 Å². The number of thiophene rings is 1. The summed E-state index contributed by atoms with van der Waals surface area (Å²) in [7, 11) is 0. The molecule has 0 aliphatic rings. The normalized spacial score (nSPS) is 10.6. The zero-order valence-electron chi connectivity index (χ0n) is 7.08. The number of hydrogen-bond acceptors (Lipinski definition) is 3. The molecule has 4 N–H and O–H groups in total. The van der Waals surface area contributed by atoms with E-state index in [2.05, 4.69) is 0 Å². The van der Waals surface area contributed by atoms with Crippen LogP contribution in [0.4, 0.5) is 5.69 Å². The van der Waals surface area contributed by atoms with Crippen molar-refractivity contribution < 1.29 is 4.79 Å². The number of benzene rings is 1. The minimum absolute atomic E-state index is 0.391. The molecular weight excluding hydrogens is 220 g/mol. The van der Waals surface area contributed by atoms with Gasteiger partial charge in [-0.15, -0.1) is 11.3 Å². The van der Waals surface area contributed by atoms with E-state index >= 15 is 0 Å². The number of primary amides is 1. The third kappa shape index (κ3) is 1.32. The van der Waals surface area contributed by atoms with Gasteiger partial charge in [-0.1, -0.05) is 11.6 Å². The lowest BCUT2D eigenvalue weighted by Crippen LogP contribution is -2.10. The summed E-state index contributed by atoms with van der Waals surface area (Å²) in [6, 6.07) is 5.29. The Balaban J connectivity index is 2.79. The van der Waals surface area contributed by atoms with Crippen LogP contribution in [0.15, 0.2) is 18.2 Å². The minimum atomic E-state index is -0.500. The van der Waals surface area contributed by atoms with Crippen molar-refractivity contribution in [2.45, 2.75) is 0 Å². The zero-order valence-corrected chi connectivity index (χ0v) is 8.65. The highest BCUT2D eigenvalue weighted by Crippen LogP contribution is 2.34. The number of halogens is 1. The predicted molar refractivity (Wildman–Crippen MR) is 59.8 cm³/mol. The molecule has 0 aliphatic heterocycles. The van der Waals surface area contributed by atoms with Crippen LogP contribution in [-0.4, -0.2) is 5.91 Å². The van der Waals surface area contributed by atoms with Crippen molar-refractivity contribution in [2.75, 3.05) is 5.73 Å². The van der Waals surface area contributed by atoms with Gasteiger partial charge in [0.1, 0.15) is 4.88 Å². The molecule has 14 heavy (non-hydrogen) atoms. The molecule has 0 saturated heterocycles. The van der Waals surface area contributed by atoms with Crippen molar-refractivity contribution in [3.05, 3.63) is 28.1 Å². The molecule has 1 aromatic heterocycles. The Morgan fingerprint density at radius 3 is 2.79 bits per heavy atom. The quantitative estimate of drug-likeness (QED) is 0.783. The molecule has 0 unspecified atom stereocenters. The van der Waals surface area contributed by atoms with Crippen molar-refractivity contribution in [1.82, 2.24) is 0 Å². The van der Waals surface area contributed by atoms with Crippen molar-refractivity contribution in [3.8, 4) is 0 Å². The third-order valence-electron chi connectivity index (χ3n) is 1.91. The topological polar surface area (TPSA) is 69.1 Å². The van der Waals surface area contributed by atoms with Crippen LogP contribution < -0.4 is 11.5 Å². The maximum absolute atomic E-state index is 11.0. The largest absolute Gasteiger partial charge is 0.397 e. The first-order valence-electron chi connectivity index (χ1n) is 3.87. The lowest BCUT2D eigenvalue weighted by molar-refractivity contribution is 0.100. The van der Waals surface area contributed by atoms with Gasteiger partial charge < -0.3 is 11.5 Å². The molecule has 1 amide bonds. The summed E-state index contributed by atoms with van der Waals surface area (Å²) in [5.74, 6) is -0.500. The fraction of sp³-hybridized carbons (Fsp3) is 0. The molecule has 3 nitrogen and oxygen atoms in total. The summed E-state index contributed by atoms with van der Waals surface area (Å²) in [5, 5.41) is 1.45. The molecule has 2 aromatic rings. The first kappa shape index (κ1) is 9.30. The van der Waals surface area contributed by atoms with Crippen LogP contribution >= 0.6 is 22.9 Å². The van der Waals surface area contributed by atoms with Crippen molar-refractivity contribution in [3.63, 3.8) is 0 Å². The van der Waals surface area contributed by atoms with E-state index in [9.17, 15) is 4.79 Å². The monoisotopic (exact) mass is 226 g/mol. The second-order valence-corrected chi connectivity index (χ2v) is 4.34. The molecule has 0 radical (unpaired) electrons. The van der Waals surface area contributed by atoms with E-state index in [-0.39, 0.29) is 0 Å². The molecule has 0 bridgehead atoms. The summed E-state index contributed by atoms with van der Waals surface area (Å²) in [4.78, 5) is 11.4. The number of carbonyl (C=O) groups excluding carboxylic acids is 1. The van der Waals surface area contributed by atoms with Gasteiger partial charge in [0.2, 0.25) is 0 Å². The average Bonchev–Trinajstić information content (AvgIpc) is 2.43. The number of amides is 1. The van der Waals surface area contributed by atoms with E-state index in [0.29, 0.717) is 15.6 Å². The summed E-state index contributed by atoms with van der Waals surface area (Å²) in [6.07, 6.45) is 0. The van der Waals surface area contributed by atoms with Crippen molar-refractivity contribution >= 4 is 44.6 Å². The van der Waals surface area contributed by atoms with E-state index in [1.807, 2.05) is 0 Å². The van der Waals surface area contributed by atoms with Crippen molar-refractivity contribution in [1.29, 1.82) is 0 Å². The molecule has 0 aliphatic carbocycles. The fourth-order valence-corrected chi connectivity index (χ4v) is 2.52. The van der Waals surface area contributed by atoms with Gasteiger partial charge in [0.05, 0.1) is 5.69 Å². The summed E-state index contributed by atoms with van der Waals surface area (Å²) < 4.78 is 0.879. The molecule has 2 rings (SSSR count). The van der Waals surface area contributed by atoms with Gasteiger partial charge in [-0.25, -0.2) is 0 Å². The second-order valence-electron chi connectivity index (χ2n) is 2.85. The number of nitrogen functional groups attached to an aromatic ring is 1. The molecule has 1 aromatic carbocycles. The van der Waals surface area contributed by atoms with Crippen LogP contribution in [0.3, 0.4) is 0 Å². The highest BCUT2D eigenvalue weighted by molar-refractivity contribution is 7.21. The zero-order chi connectivity index (χ0) is 10.3. The third-order valence-corrected chi connectivity index (χ3v) is 3.33. The fourth-order valence-electron chi connectivity index (χ4n) is 1.27. The van der Waals surface area contributed by atoms with E-state index in [1.165, 1.54) is 11.3 Å².